The van der Waals surface area contributed by atoms with Crippen molar-refractivity contribution < 1.29 is 4.79 Å². The van der Waals surface area contributed by atoms with Gasteiger partial charge >= 0.3 is 0 Å². The molecule has 0 spiro atoms. The van der Waals surface area contributed by atoms with E-state index in [-0.39, 0.29) is 5.91 Å². The van der Waals surface area contributed by atoms with E-state index in [0.717, 1.165) is 10.0 Å². The van der Waals surface area contributed by atoms with Crippen molar-refractivity contribution >= 4 is 27.7 Å². The first-order valence-corrected chi connectivity index (χ1v) is 8.65. The largest absolute Gasteiger partial charge is 0.367 e. The Balaban J connectivity index is 1.53. The number of pyridine rings is 1. The van der Waals surface area contributed by atoms with E-state index in [1.165, 1.54) is 0 Å². The van der Waals surface area contributed by atoms with Crippen molar-refractivity contribution in [2.75, 3.05) is 18.4 Å². The summed E-state index contributed by atoms with van der Waals surface area (Å²) in [7, 11) is 0. The van der Waals surface area contributed by atoms with Crippen molar-refractivity contribution in [1.29, 1.82) is 5.26 Å². The summed E-state index contributed by atoms with van der Waals surface area (Å²) >= 11 is 3.39. The third-order valence-electron chi connectivity index (χ3n) is 3.59. The van der Waals surface area contributed by atoms with Crippen LogP contribution in [-0.2, 0) is 0 Å². The third kappa shape index (κ3) is 4.26. The van der Waals surface area contributed by atoms with Crippen LogP contribution in [0.15, 0.2) is 53.1 Å². The fourth-order valence-electron chi connectivity index (χ4n) is 2.30. The fraction of sp³-hybridized carbons (Fsp3) is 0.111. The predicted octanol–water partition coefficient (Wildman–Crippen LogP) is 2.95. The summed E-state index contributed by atoms with van der Waals surface area (Å²) in [4.78, 5) is 16.3. The third-order valence-corrected chi connectivity index (χ3v) is 4.12. The molecule has 1 aromatic carbocycles. The number of H-pyrrole nitrogens is 1. The topological polar surface area (TPSA) is 106 Å². The molecule has 1 amide bonds. The van der Waals surface area contributed by atoms with E-state index in [9.17, 15) is 4.79 Å². The lowest BCUT2D eigenvalue weighted by molar-refractivity contribution is 0.0950. The highest BCUT2D eigenvalue weighted by Crippen LogP contribution is 2.20. The second kappa shape index (κ2) is 8.27. The zero-order valence-corrected chi connectivity index (χ0v) is 15.2. The van der Waals surface area contributed by atoms with Crippen LogP contribution in [0.4, 0.5) is 5.82 Å². The van der Waals surface area contributed by atoms with Gasteiger partial charge in [0, 0.05) is 29.3 Å². The van der Waals surface area contributed by atoms with Gasteiger partial charge in [-0.2, -0.15) is 10.4 Å². The second-order valence-electron chi connectivity index (χ2n) is 5.37. The molecule has 3 rings (SSSR count). The van der Waals surface area contributed by atoms with Crippen molar-refractivity contribution in [3.63, 3.8) is 0 Å². The Bertz CT molecular complexity index is 945. The summed E-state index contributed by atoms with van der Waals surface area (Å²) < 4.78 is 0.981. The molecule has 0 unspecified atom stereocenters. The number of amides is 1. The average Bonchev–Trinajstić information content (AvgIpc) is 3.16. The molecule has 2 heterocycles. The van der Waals surface area contributed by atoms with E-state index >= 15 is 0 Å². The zero-order valence-electron chi connectivity index (χ0n) is 13.7. The van der Waals surface area contributed by atoms with Crippen LogP contribution >= 0.6 is 15.9 Å². The van der Waals surface area contributed by atoms with Crippen molar-refractivity contribution in [3.8, 4) is 17.3 Å². The molecular formula is C18H15BrN6O. The van der Waals surface area contributed by atoms with E-state index in [1.54, 1.807) is 24.4 Å². The molecule has 7 nitrogen and oxygen atoms in total. The molecule has 0 aliphatic rings. The molecule has 0 aliphatic heterocycles. The Morgan fingerprint density at radius 1 is 1.23 bits per heavy atom. The molecule has 26 heavy (non-hydrogen) atoms. The summed E-state index contributed by atoms with van der Waals surface area (Å²) in [6.07, 6.45) is 1.61. The SMILES string of the molecule is N#Cc1cccnc1NCCNC(=O)c1cc(-c2ccc(Br)cc2)n[nH]1. The van der Waals surface area contributed by atoms with E-state index < -0.39 is 0 Å². The highest BCUT2D eigenvalue weighted by molar-refractivity contribution is 9.10. The van der Waals surface area contributed by atoms with Crippen molar-refractivity contribution in [2.45, 2.75) is 0 Å². The van der Waals surface area contributed by atoms with E-state index in [4.69, 9.17) is 5.26 Å². The second-order valence-corrected chi connectivity index (χ2v) is 6.28. The highest BCUT2D eigenvalue weighted by Gasteiger charge is 2.10. The number of nitrogens with one attached hydrogen (secondary N) is 3. The Morgan fingerprint density at radius 3 is 2.81 bits per heavy atom. The number of hydrogen-bond acceptors (Lipinski definition) is 5. The van der Waals surface area contributed by atoms with Crippen LogP contribution < -0.4 is 10.6 Å². The van der Waals surface area contributed by atoms with Gasteiger partial charge in [-0.05, 0) is 30.3 Å². The molecule has 0 aliphatic carbocycles. The van der Waals surface area contributed by atoms with E-state index in [0.29, 0.717) is 35.9 Å². The van der Waals surface area contributed by atoms with Crippen LogP contribution in [0.3, 0.4) is 0 Å². The summed E-state index contributed by atoms with van der Waals surface area (Å²) in [6.45, 7) is 0.831. The van der Waals surface area contributed by atoms with Crippen LogP contribution in [0, 0.1) is 11.3 Å². The number of nitriles is 1. The molecule has 0 atom stereocenters. The van der Waals surface area contributed by atoms with Crippen LogP contribution in [-0.4, -0.2) is 34.2 Å². The molecule has 8 heteroatoms. The first-order chi connectivity index (χ1) is 12.7. The number of hydrogen-bond donors (Lipinski definition) is 3. The maximum Gasteiger partial charge on any atom is 0.269 e. The van der Waals surface area contributed by atoms with Gasteiger partial charge in [0.25, 0.3) is 5.91 Å². The number of carbonyl (C=O) groups excluding carboxylic acids is 1. The maximum atomic E-state index is 12.2. The molecule has 2 aromatic heterocycles. The number of halogens is 1. The average molecular weight is 411 g/mol. The van der Waals surface area contributed by atoms with Gasteiger partial charge in [0.1, 0.15) is 17.6 Å². The molecule has 0 saturated carbocycles. The number of rotatable bonds is 6. The Morgan fingerprint density at radius 2 is 2.04 bits per heavy atom. The van der Waals surface area contributed by atoms with Gasteiger partial charge in [-0.1, -0.05) is 28.1 Å². The monoisotopic (exact) mass is 410 g/mol. The number of nitrogens with zero attached hydrogens (tertiary/aromatic N) is 3. The van der Waals surface area contributed by atoms with Gasteiger partial charge in [0.15, 0.2) is 0 Å². The van der Waals surface area contributed by atoms with Gasteiger partial charge < -0.3 is 10.6 Å². The molecule has 0 fully saturated rings. The summed E-state index contributed by atoms with van der Waals surface area (Å²) in [5.41, 5.74) is 2.47. The minimum atomic E-state index is -0.246. The number of anilines is 1. The number of benzene rings is 1. The molecular weight excluding hydrogens is 396 g/mol. The Hall–Kier alpha value is -3.18. The fourth-order valence-corrected chi connectivity index (χ4v) is 2.56. The molecule has 3 N–H and O–H groups in total. The number of aromatic nitrogens is 3. The number of aromatic amines is 1. The maximum absolute atomic E-state index is 12.2. The zero-order chi connectivity index (χ0) is 18.4. The lowest BCUT2D eigenvalue weighted by Crippen LogP contribution is -2.29. The van der Waals surface area contributed by atoms with E-state index in [1.807, 2.05) is 24.3 Å². The molecule has 0 bridgehead atoms. The minimum absolute atomic E-state index is 0.246. The minimum Gasteiger partial charge on any atom is -0.367 e. The first kappa shape index (κ1) is 17.6. The molecule has 0 saturated heterocycles. The Labute approximate surface area is 158 Å². The molecule has 130 valence electrons. The van der Waals surface area contributed by atoms with Gasteiger partial charge in [-0.15, -0.1) is 0 Å². The standard InChI is InChI=1S/C18H15BrN6O/c19-14-5-3-12(4-6-14)15-10-16(25-24-15)18(26)23-9-8-22-17-13(11-20)2-1-7-21-17/h1-7,10H,8-9H2,(H,21,22)(H,23,26)(H,24,25). The summed E-state index contributed by atoms with van der Waals surface area (Å²) in [5.74, 6) is 0.257. The first-order valence-electron chi connectivity index (χ1n) is 7.86. The smallest absolute Gasteiger partial charge is 0.269 e. The van der Waals surface area contributed by atoms with Crippen LogP contribution in [0.2, 0.25) is 0 Å². The van der Waals surface area contributed by atoms with Crippen molar-refractivity contribution in [1.82, 2.24) is 20.5 Å². The van der Waals surface area contributed by atoms with Crippen LogP contribution in [0.25, 0.3) is 11.3 Å². The van der Waals surface area contributed by atoms with Gasteiger partial charge in [-0.25, -0.2) is 4.98 Å². The highest BCUT2D eigenvalue weighted by atomic mass is 79.9. The summed E-state index contributed by atoms with van der Waals surface area (Å²) in [5, 5.41) is 21.7. The van der Waals surface area contributed by atoms with Crippen molar-refractivity contribution in [3.05, 3.63) is 64.4 Å². The number of carbonyl (C=O) groups is 1. The van der Waals surface area contributed by atoms with Gasteiger partial charge in [-0.3, -0.25) is 9.89 Å². The molecule has 0 radical (unpaired) electrons. The van der Waals surface area contributed by atoms with Crippen LogP contribution in [0.1, 0.15) is 16.1 Å². The predicted molar refractivity (Wildman–Crippen MR) is 101 cm³/mol. The quantitative estimate of drug-likeness (QED) is 0.541. The van der Waals surface area contributed by atoms with Gasteiger partial charge in [0.2, 0.25) is 0 Å². The van der Waals surface area contributed by atoms with Crippen LogP contribution in [0.5, 0.6) is 0 Å². The van der Waals surface area contributed by atoms with Gasteiger partial charge in [0.05, 0.1) is 11.3 Å². The van der Waals surface area contributed by atoms with E-state index in [2.05, 4.69) is 47.8 Å². The normalized spacial score (nSPS) is 10.2. The lowest BCUT2D eigenvalue weighted by Gasteiger charge is -2.07. The lowest BCUT2D eigenvalue weighted by atomic mass is 10.1. The van der Waals surface area contributed by atoms with Crippen molar-refractivity contribution in [2.24, 2.45) is 0 Å². The Kier molecular flexibility index (Phi) is 5.61. The summed E-state index contributed by atoms with van der Waals surface area (Å²) in [6, 6.07) is 14.8. The molecule has 3 aromatic rings.